The van der Waals surface area contributed by atoms with E-state index in [-0.39, 0.29) is 0 Å². The Morgan fingerprint density at radius 1 is 1.05 bits per heavy atom. The Balaban J connectivity index is 1.88. The summed E-state index contributed by atoms with van der Waals surface area (Å²) >= 11 is 0. The Kier molecular flexibility index (Phi) is 4.16. The highest BCUT2D eigenvalue weighted by Gasteiger charge is 2.09. The van der Waals surface area contributed by atoms with Crippen LogP contribution in [0.4, 0.5) is 0 Å². The molecular weight excluding hydrogens is 272 g/mol. The van der Waals surface area contributed by atoms with Gasteiger partial charge in [-0.2, -0.15) is 0 Å². The highest BCUT2D eigenvalue weighted by atomic mass is 16.5. The quantitative estimate of drug-likeness (QED) is 0.772. The van der Waals surface area contributed by atoms with Gasteiger partial charge in [0.1, 0.15) is 12.4 Å². The van der Waals surface area contributed by atoms with E-state index in [9.17, 15) is 0 Å². The highest BCUT2D eigenvalue weighted by molar-refractivity contribution is 5.82. The van der Waals surface area contributed by atoms with Crippen molar-refractivity contribution in [2.24, 2.45) is 5.73 Å². The second kappa shape index (κ2) is 6.24. The Hall–Kier alpha value is -2.26. The minimum atomic E-state index is 0.569. The van der Waals surface area contributed by atoms with Crippen molar-refractivity contribution in [1.29, 1.82) is 0 Å². The molecule has 0 saturated heterocycles. The van der Waals surface area contributed by atoms with Gasteiger partial charge in [0.05, 0.1) is 5.69 Å². The van der Waals surface area contributed by atoms with Gasteiger partial charge in [-0.25, -0.2) is 0 Å². The van der Waals surface area contributed by atoms with E-state index in [1.807, 2.05) is 12.1 Å². The van der Waals surface area contributed by atoms with Crippen LogP contribution in [0.5, 0.6) is 5.75 Å². The van der Waals surface area contributed by atoms with Gasteiger partial charge < -0.3 is 15.0 Å². The number of fused-ring (bicyclic) bond motifs is 1. The molecule has 3 nitrogen and oxygen atoms in total. The van der Waals surface area contributed by atoms with Crippen LogP contribution in [-0.4, -0.2) is 4.57 Å². The lowest BCUT2D eigenvalue weighted by atomic mass is 10.1. The number of ether oxygens (including phenoxy) is 1. The third-order valence-corrected chi connectivity index (χ3v) is 4.01. The van der Waals surface area contributed by atoms with E-state index in [1.165, 1.54) is 22.2 Å². The van der Waals surface area contributed by atoms with Gasteiger partial charge in [0.25, 0.3) is 0 Å². The van der Waals surface area contributed by atoms with E-state index < -0.39 is 0 Å². The van der Waals surface area contributed by atoms with Gasteiger partial charge in [-0.3, -0.25) is 0 Å². The molecule has 0 fully saturated rings. The Bertz CT molecular complexity index is 772. The number of hydrogen-bond donors (Lipinski definition) is 1. The summed E-state index contributed by atoms with van der Waals surface area (Å²) in [5.74, 6) is 0.904. The number of rotatable bonds is 5. The molecule has 114 valence electrons. The van der Waals surface area contributed by atoms with Gasteiger partial charge in [0.2, 0.25) is 0 Å². The van der Waals surface area contributed by atoms with Crippen LogP contribution >= 0.6 is 0 Å². The Morgan fingerprint density at radius 2 is 1.82 bits per heavy atom. The fraction of sp³-hybridized carbons (Fsp3) is 0.263. The zero-order valence-electron chi connectivity index (χ0n) is 13.2. The molecule has 0 amide bonds. The summed E-state index contributed by atoms with van der Waals surface area (Å²) < 4.78 is 8.22. The number of nitrogens with two attached hydrogens (primary N) is 1. The molecule has 2 N–H and O–H groups in total. The average molecular weight is 294 g/mol. The molecule has 0 aliphatic rings. The first-order chi connectivity index (χ1) is 10.7. The normalized spacial score (nSPS) is 11.0. The molecule has 22 heavy (non-hydrogen) atoms. The van der Waals surface area contributed by atoms with Crippen molar-refractivity contribution >= 4 is 10.9 Å². The smallest absolute Gasteiger partial charge is 0.128 e. The van der Waals surface area contributed by atoms with E-state index in [0.29, 0.717) is 13.2 Å². The number of nitrogens with zero attached hydrogens (tertiary/aromatic N) is 1. The molecule has 0 radical (unpaired) electrons. The predicted octanol–water partition coefficient (Wildman–Crippen LogP) is 4.01. The number of aryl methyl sites for hydroxylation is 2. The minimum absolute atomic E-state index is 0.569. The summed E-state index contributed by atoms with van der Waals surface area (Å²) in [6, 6.07) is 16.8. The fourth-order valence-corrected chi connectivity index (χ4v) is 2.77. The lowest BCUT2D eigenvalue weighted by molar-refractivity contribution is 0.296. The van der Waals surface area contributed by atoms with E-state index in [0.717, 1.165) is 17.9 Å². The molecule has 3 aromatic rings. The first kappa shape index (κ1) is 14.7. The number of hydrogen-bond acceptors (Lipinski definition) is 2. The third-order valence-electron chi connectivity index (χ3n) is 4.01. The van der Waals surface area contributed by atoms with Crippen LogP contribution in [0.25, 0.3) is 10.9 Å². The largest absolute Gasteiger partial charge is 0.487 e. The van der Waals surface area contributed by atoms with E-state index in [4.69, 9.17) is 10.5 Å². The van der Waals surface area contributed by atoms with Crippen molar-refractivity contribution in [1.82, 2.24) is 4.57 Å². The van der Waals surface area contributed by atoms with Crippen molar-refractivity contribution in [2.75, 3.05) is 0 Å². The lowest BCUT2D eigenvalue weighted by Gasteiger charge is -2.10. The third kappa shape index (κ3) is 2.85. The molecule has 3 rings (SSSR count). The van der Waals surface area contributed by atoms with Gasteiger partial charge in [0.15, 0.2) is 0 Å². The predicted molar refractivity (Wildman–Crippen MR) is 91.0 cm³/mol. The summed E-state index contributed by atoms with van der Waals surface area (Å²) in [6.45, 7) is 6.30. The summed E-state index contributed by atoms with van der Waals surface area (Å²) in [5, 5.41) is 1.24. The lowest BCUT2D eigenvalue weighted by Crippen LogP contribution is -2.05. The Morgan fingerprint density at radius 3 is 2.50 bits per heavy atom. The van der Waals surface area contributed by atoms with E-state index in [2.05, 4.69) is 54.8 Å². The van der Waals surface area contributed by atoms with Gasteiger partial charge >= 0.3 is 0 Å². The van der Waals surface area contributed by atoms with Crippen LogP contribution in [0.2, 0.25) is 0 Å². The first-order valence-corrected chi connectivity index (χ1v) is 7.72. The van der Waals surface area contributed by atoms with Crippen molar-refractivity contribution in [3.8, 4) is 5.75 Å². The molecule has 0 unspecified atom stereocenters. The van der Waals surface area contributed by atoms with Crippen molar-refractivity contribution in [3.63, 3.8) is 0 Å². The van der Waals surface area contributed by atoms with E-state index >= 15 is 0 Å². The van der Waals surface area contributed by atoms with Gasteiger partial charge in [-0.1, -0.05) is 29.8 Å². The number of benzene rings is 2. The molecule has 0 aliphatic heterocycles. The summed E-state index contributed by atoms with van der Waals surface area (Å²) in [4.78, 5) is 0. The summed E-state index contributed by atoms with van der Waals surface area (Å²) in [6.07, 6.45) is 0. The van der Waals surface area contributed by atoms with Crippen LogP contribution < -0.4 is 10.5 Å². The maximum Gasteiger partial charge on any atom is 0.128 e. The molecule has 0 aliphatic carbocycles. The summed E-state index contributed by atoms with van der Waals surface area (Å²) in [7, 11) is 0. The molecule has 1 heterocycles. The minimum Gasteiger partial charge on any atom is -0.487 e. The van der Waals surface area contributed by atoms with Gasteiger partial charge in [-0.05, 0) is 43.7 Å². The van der Waals surface area contributed by atoms with Crippen LogP contribution in [0.15, 0.2) is 48.5 Å². The maximum atomic E-state index is 5.93. The standard InChI is InChI=1S/C19H22N2O/c1-3-21-17(13-22-18-8-4-14(2)5-9-18)11-16-7-6-15(12-20)10-19(16)21/h4-11H,3,12-13,20H2,1-2H3. The zero-order valence-corrected chi connectivity index (χ0v) is 13.2. The zero-order chi connectivity index (χ0) is 15.5. The highest BCUT2D eigenvalue weighted by Crippen LogP contribution is 2.23. The molecule has 0 atom stereocenters. The maximum absolute atomic E-state index is 5.93. The molecule has 0 bridgehead atoms. The second-order valence-electron chi connectivity index (χ2n) is 5.58. The SMILES string of the molecule is CCn1c(COc2ccc(C)cc2)cc2ccc(CN)cc21. The molecule has 3 heteroatoms. The Labute approximate surface area is 131 Å². The van der Waals surface area contributed by atoms with Gasteiger partial charge in [0, 0.05) is 24.0 Å². The first-order valence-electron chi connectivity index (χ1n) is 7.72. The van der Waals surface area contributed by atoms with Gasteiger partial charge in [-0.15, -0.1) is 0 Å². The van der Waals surface area contributed by atoms with Crippen LogP contribution in [0.1, 0.15) is 23.7 Å². The number of aromatic nitrogens is 1. The van der Waals surface area contributed by atoms with Crippen LogP contribution in [0.3, 0.4) is 0 Å². The summed E-state index contributed by atoms with van der Waals surface area (Å²) in [5.41, 5.74) is 10.6. The molecule has 0 spiro atoms. The van der Waals surface area contributed by atoms with Crippen LogP contribution in [0, 0.1) is 6.92 Å². The monoisotopic (exact) mass is 294 g/mol. The molecule has 2 aromatic carbocycles. The topological polar surface area (TPSA) is 40.2 Å². The van der Waals surface area contributed by atoms with Crippen molar-refractivity contribution in [3.05, 3.63) is 65.4 Å². The fourth-order valence-electron chi connectivity index (χ4n) is 2.77. The van der Waals surface area contributed by atoms with E-state index in [1.54, 1.807) is 0 Å². The second-order valence-corrected chi connectivity index (χ2v) is 5.58. The van der Waals surface area contributed by atoms with Crippen LogP contribution in [-0.2, 0) is 19.7 Å². The van der Waals surface area contributed by atoms with Crippen molar-refractivity contribution in [2.45, 2.75) is 33.5 Å². The van der Waals surface area contributed by atoms with Crippen molar-refractivity contribution < 1.29 is 4.74 Å². The average Bonchev–Trinajstić information content (AvgIpc) is 2.90. The molecule has 1 aromatic heterocycles. The molecule has 0 saturated carbocycles. The molecular formula is C19H22N2O.